The number of amides is 1. The van der Waals surface area contributed by atoms with Gasteiger partial charge in [0.25, 0.3) is 0 Å². The number of ether oxygens (including phenoxy) is 1. The molecule has 1 saturated heterocycles. The van der Waals surface area contributed by atoms with Gasteiger partial charge in [-0.05, 0) is 42.3 Å². The summed E-state index contributed by atoms with van der Waals surface area (Å²) in [4.78, 5) is 18.2. The lowest BCUT2D eigenvalue weighted by Gasteiger charge is -2.39. The van der Waals surface area contributed by atoms with Gasteiger partial charge in [-0.15, -0.1) is 0 Å². The highest BCUT2D eigenvalue weighted by Gasteiger charge is 2.31. The SMILES string of the molecule is COc1ccc(C)cc1NC(=O)[C@H](c1ccccc1)N1CCN(c2ccccc2)CC1. The van der Waals surface area contributed by atoms with Crippen molar-refractivity contribution in [3.8, 4) is 5.75 Å². The lowest BCUT2D eigenvalue weighted by atomic mass is 10.0. The topological polar surface area (TPSA) is 44.8 Å². The molecular formula is C26H29N3O2. The molecule has 0 aliphatic carbocycles. The average molecular weight is 416 g/mol. The fraction of sp³-hybridized carbons (Fsp3) is 0.269. The molecule has 0 aromatic heterocycles. The van der Waals surface area contributed by atoms with E-state index >= 15 is 0 Å². The Kier molecular flexibility index (Phi) is 6.53. The first-order valence-corrected chi connectivity index (χ1v) is 10.7. The van der Waals surface area contributed by atoms with Crippen LogP contribution in [0.25, 0.3) is 0 Å². The van der Waals surface area contributed by atoms with Gasteiger partial charge < -0.3 is 15.0 Å². The molecule has 1 fully saturated rings. The lowest BCUT2D eigenvalue weighted by molar-refractivity contribution is -0.121. The number of aryl methyl sites for hydroxylation is 1. The average Bonchev–Trinajstić information content (AvgIpc) is 2.81. The van der Waals surface area contributed by atoms with Crippen LogP contribution in [0.3, 0.4) is 0 Å². The summed E-state index contributed by atoms with van der Waals surface area (Å²) in [7, 11) is 1.62. The van der Waals surface area contributed by atoms with E-state index in [1.807, 2.05) is 61.5 Å². The molecule has 1 aliphatic heterocycles. The molecule has 5 nitrogen and oxygen atoms in total. The summed E-state index contributed by atoms with van der Waals surface area (Å²) in [5.41, 5.74) is 4.01. The van der Waals surface area contributed by atoms with Crippen LogP contribution < -0.4 is 15.0 Å². The number of carbonyl (C=O) groups excluding carboxylic acids is 1. The zero-order valence-electron chi connectivity index (χ0n) is 18.1. The number of hydrogen-bond donors (Lipinski definition) is 1. The van der Waals surface area contributed by atoms with E-state index in [-0.39, 0.29) is 11.9 Å². The molecule has 1 amide bonds. The van der Waals surface area contributed by atoms with E-state index in [9.17, 15) is 4.79 Å². The molecule has 3 aromatic carbocycles. The second kappa shape index (κ2) is 9.67. The fourth-order valence-corrected chi connectivity index (χ4v) is 4.16. The second-order valence-electron chi connectivity index (χ2n) is 7.86. The summed E-state index contributed by atoms with van der Waals surface area (Å²) in [6, 6.07) is 25.9. The van der Waals surface area contributed by atoms with Crippen molar-refractivity contribution in [3.63, 3.8) is 0 Å². The van der Waals surface area contributed by atoms with Crippen molar-refractivity contribution < 1.29 is 9.53 Å². The molecule has 0 spiro atoms. The number of methoxy groups -OCH3 is 1. The summed E-state index contributed by atoms with van der Waals surface area (Å²) in [5.74, 6) is 0.628. The number of rotatable bonds is 6. The number of benzene rings is 3. The predicted octanol–water partition coefficient (Wildman–Crippen LogP) is 4.51. The molecule has 5 heteroatoms. The predicted molar refractivity (Wildman–Crippen MR) is 126 cm³/mol. The van der Waals surface area contributed by atoms with Crippen LogP contribution in [0.1, 0.15) is 17.2 Å². The first-order valence-electron chi connectivity index (χ1n) is 10.7. The zero-order chi connectivity index (χ0) is 21.6. The standard InChI is InChI=1S/C26H29N3O2/c1-20-13-14-24(31-2)23(19-20)27-26(30)25(21-9-5-3-6-10-21)29-17-15-28(16-18-29)22-11-7-4-8-12-22/h3-14,19,25H,15-18H2,1-2H3,(H,27,30)/t25-/m0/s1. The van der Waals surface area contributed by atoms with Crippen molar-refractivity contribution in [2.75, 3.05) is 43.5 Å². The Balaban J connectivity index is 1.55. The number of nitrogens with one attached hydrogen (secondary N) is 1. The minimum Gasteiger partial charge on any atom is -0.495 e. The van der Waals surface area contributed by atoms with Gasteiger partial charge in [0, 0.05) is 31.9 Å². The first-order chi connectivity index (χ1) is 15.2. The number of piperazine rings is 1. The van der Waals surface area contributed by atoms with Crippen molar-refractivity contribution in [1.29, 1.82) is 0 Å². The molecule has 0 saturated carbocycles. The molecule has 1 atom stereocenters. The summed E-state index contributed by atoms with van der Waals surface area (Å²) in [6.07, 6.45) is 0. The minimum absolute atomic E-state index is 0.0386. The molecular weight excluding hydrogens is 386 g/mol. The van der Waals surface area contributed by atoms with Crippen LogP contribution in [0, 0.1) is 6.92 Å². The third kappa shape index (κ3) is 4.89. The molecule has 1 aliphatic rings. The Morgan fingerprint density at radius 1 is 0.903 bits per heavy atom. The largest absolute Gasteiger partial charge is 0.495 e. The molecule has 1 heterocycles. The Bertz CT molecular complexity index is 1000. The molecule has 1 N–H and O–H groups in total. The van der Waals surface area contributed by atoms with Crippen molar-refractivity contribution in [2.24, 2.45) is 0 Å². The maximum absolute atomic E-state index is 13.5. The maximum Gasteiger partial charge on any atom is 0.246 e. The summed E-state index contributed by atoms with van der Waals surface area (Å²) < 4.78 is 5.46. The van der Waals surface area contributed by atoms with E-state index in [0.29, 0.717) is 11.4 Å². The highest BCUT2D eigenvalue weighted by atomic mass is 16.5. The van der Waals surface area contributed by atoms with Gasteiger partial charge in [0.05, 0.1) is 12.8 Å². The van der Waals surface area contributed by atoms with Gasteiger partial charge in [-0.2, -0.15) is 0 Å². The Morgan fingerprint density at radius 3 is 2.19 bits per heavy atom. The Labute approximate surface area is 184 Å². The van der Waals surface area contributed by atoms with Crippen LogP contribution in [-0.2, 0) is 4.79 Å². The van der Waals surface area contributed by atoms with E-state index in [1.54, 1.807) is 7.11 Å². The maximum atomic E-state index is 13.5. The van der Waals surface area contributed by atoms with Gasteiger partial charge >= 0.3 is 0 Å². The van der Waals surface area contributed by atoms with E-state index < -0.39 is 0 Å². The number of para-hydroxylation sites is 1. The van der Waals surface area contributed by atoms with E-state index in [2.05, 4.69) is 39.4 Å². The third-order valence-corrected chi connectivity index (χ3v) is 5.78. The Morgan fingerprint density at radius 2 is 1.55 bits per heavy atom. The van der Waals surface area contributed by atoms with Gasteiger partial charge in [0.15, 0.2) is 0 Å². The van der Waals surface area contributed by atoms with Crippen molar-refractivity contribution >= 4 is 17.3 Å². The quantitative estimate of drug-likeness (QED) is 0.644. The van der Waals surface area contributed by atoms with Crippen LogP contribution in [0.4, 0.5) is 11.4 Å². The lowest BCUT2D eigenvalue weighted by Crippen LogP contribution is -2.50. The number of anilines is 2. The molecule has 4 rings (SSSR count). The van der Waals surface area contributed by atoms with Gasteiger partial charge in [-0.1, -0.05) is 54.6 Å². The van der Waals surface area contributed by atoms with E-state index in [1.165, 1.54) is 5.69 Å². The molecule has 3 aromatic rings. The van der Waals surface area contributed by atoms with Gasteiger partial charge in [-0.25, -0.2) is 0 Å². The Hall–Kier alpha value is -3.31. The monoisotopic (exact) mass is 415 g/mol. The van der Waals surface area contributed by atoms with Crippen LogP contribution >= 0.6 is 0 Å². The van der Waals surface area contributed by atoms with Crippen LogP contribution in [0.15, 0.2) is 78.9 Å². The summed E-state index contributed by atoms with van der Waals surface area (Å²) >= 11 is 0. The van der Waals surface area contributed by atoms with E-state index in [4.69, 9.17) is 4.74 Å². The molecule has 0 unspecified atom stereocenters. The number of carbonyl (C=O) groups is 1. The number of nitrogens with zero attached hydrogens (tertiary/aromatic N) is 2. The van der Waals surface area contributed by atoms with E-state index in [0.717, 1.165) is 37.3 Å². The smallest absolute Gasteiger partial charge is 0.246 e. The second-order valence-corrected chi connectivity index (χ2v) is 7.86. The van der Waals surface area contributed by atoms with Crippen LogP contribution in [0.2, 0.25) is 0 Å². The highest BCUT2D eigenvalue weighted by Crippen LogP contribution is 2.29. The zero-order valence-corrected chi connectivity index (χ0v) is 18.1. The normalized spacial score (nSPS) is 15.4. The van der Waals surface area contributed by atoms with Crippen molar-refractivity contribution in [2.45, 2.75) is 13.0 Å². The third-order valence-electron chi connectivity index (χ3n) is 5.78. The van der Waals surface area contributed by atoms with Gasteiger partial charge in [-0.3, -0.25) is 9.69 Å². The van der Waals surface area contributed by atoms with Gasteiger partial charge in [0.1, 0.15) is 11.8 Å². The number of hydrogen-bond acceptors (Lipinski definition) is 4. The molecule has 0 radical (unpaired) electrons. The fourth-order valence-electron chi connectivity index (χ4n) is 4.16. The molecule has 0 bridgehead atoms. The first kappa shape index (κ1) is 20.9. The van der Waals surface area contributed by atoms with Gasteiger partial charge in [0.2, 0.25) is 5.91 Å². The van der Waals surface area contributed by atoms with Crippen molar-refractivity contribution in [1.82, 2.24) is 4.90 Å². The van der Waals surface area contributed by atoms with Crippen LogP contribution in [0.5, 0.6) is 5.75 Å². The van der Waals surface area contributed by atoms with Crippen molar-refractivity contribution in [3.05, 3.63) is 90.0 Å². The summed E-state index contributed by atoms with van der Waals surface area (Å²) in [5, 5.41) is 3.12. The summed E-state index contributed by atoms with van der Waals surface area (Å²) in [6.45, 7) is 5.40. The minimum atomic E-state index is -0.357. The molecule has 31 heavy (non-hydrogen) atoms. The highest BCUT2D eigenvalue weighted by molar-refractivity contribution is 5.97. The molecule has 160 valence electrons. The van der Waals surface area contributed by atoms with Crippen LogP contribution in [-0.4, -0.2) is 44.1 Å².